The number of carboxylic acids is 1. The number of hydrogen-bond acceptors (Lipinski definition) is 1. The quantitative estimate of drug-likeness (QED) is 0.868. The number of aromatic carboxylic acids is 1. The molecule has 0 atom stereocenters. The van der Waals surface area contributed by atoms with Crippen molar-refractivity contribution in [3.8, 4) is 11.1 Å². The predicted molar refractivity (Wildman–Crippen MR) is 68.2 cm³/mol. The van der Waals surface area contributed by atoms with Crippen molar-refractivity contribution >= 4 is 5.97 Å². The third kappa shape index (κ3) is 2.53. The SMILES string of the molecule is CCc1cccc(-c2ccc(C(=O)O)cc2)c1. The Hall–Kier alpha value is -2.09. The van der Waals surface area contributed by atoms with E-state index in [-0.39, 0.29) is 0 Å². The summed E-state index contributed by atoms with van der Waals surface area (Å²) in [6, 6.07) is 15.3. The van der Waals surface area contributed by atoms with Crippen molar-refractivity contribution in [1.82, 2.24) is 0 Å². The molecule has 0 bridgehead atoms. The molecule has 0 unspecified atom stereocenters. The molecule has 2 rings (SSSR count). The molecule has 0 radical (unpaired) electrons. The minimum absolute atomic E-state index is 0.320. The Labute approximate surface area is 101 Å². The largest absolute Gasteiger partial charge is 0.478 e. The Balaban J connectivity index is 2.36. The van der Waals surface area contributed by atoms with Gasteiger partial charge in [-0.15, -0.1) is 0 Å². The molecule has 2 heteroatoms. The first-order valence-corrected chi connectivity index (χ1v) is 5.63. The lowest BCUT2D eigenvalue weighted by Crippen LogP contribution is -1.95. The topological polar surface area (TPSA) is 37.3 Å². The van der Waals surface area contributed by atoms with Crippen LogP contribution in [-0.4, -0.2) is 11.1 Å². The van der Waals surface area contributed by atoms with Crippen LogP contribution in [0.2, 0.25) is 0 Å². The highest BCUT2D eigenvalue weighted by molar-refractivity contribution is 5.88. The van der Waals surface area contributed by atoms with Gasteiger partial charge in [0.25, 0.3) is 0 Å². The van der Waals surface area contributed by atoms with Gasteiger partial charge in [-0.25, -0.2) is 4.79 Å². The molecular weight excluding hydrogens is 212 g/mol. The summed E-state index contributed by atoms with van der Waals surface area (Å²) in [6.45, 7) is 2.12. The Bertz CT molecular complexity index is 527. The molecule has 2 aromatic carbocycles. The van der Waals surface area contributed by atoms with Crippen LogP contribution < -0.4 is 0 Å². The predicted octanol–water partition coefficient (Wildman–Crippen LogP) is 3.61. The van der Waals surface area contributed by atoms with E-state index in [1.165, 1.54) is 5.56 Å². The van der Waals surface area contributed by atoms with Crippen LogP contribution in [0.3, 0.4) is 0 Å². The fraction of sp³-hybridized carbons (Fsp3) is 0.133. The summed E-state index contributed by atoms with van der Waals surface area (Å²) in [5.41, 5.74) is 3.77. The van der Waals surface area contributed by atoms with Crippen LogP contribution >= 0.6 is 0 Å². The Kier molecular flexibility index (Phi) is 3.24. The standard InChI is InChI=1S/C15H14O2/c1-2-11-4-3-5-14(10-11)12-6-8-13(9-7-12)15(16)17/h3-10H,2H2,1H3,(H,16,17). The van der Waals surface area contributed by atoms with Gasteiger partial charge < -0.3 is 5.11 Å². The molecule has 2 aromatic rings. The molecule has 0 aliphatic rings. The van der Waals surface area contributed by atoms with E-state index in [1.807, 2.05) is 24.3 Å². The van der Waals surface area contributed by atoms with E-state index in [4.69, 9.17) is 5.11 Å². The fourth-order valence-electron chi connectivity index (χ4n) is 1.78. The molecule has 0 heterocycles. The van der Waals surface area contributed by atoms with Crippen LogP contribution in [0, 0.1) is 0 Å². The van der Waals surface area contributed by atoms with Crippen molar-refractivity contribution in [1.29, 1.82) is 0 Å². The monoisotopic (exact) mass is 226 g/mol. The maximum atomic E-state index is 10.7. The number of hydrogen-bond donors (Lipinski definition) is 1. The average molecular weight is 226 g/mol. The van der Waals surface area contributed by atoms with Crippen molar-refractivity contribution in [3.63, 3.8) is 0 Å². The molecule has 17 heavy (non-hydrogen) atoms. The van der Waals surface area contributed by atoms with Gasteiger partial charge in [-0.3, -0.25) is 0 Å². The molecule has 0 aliphatic carbocycles. The molecule has 1 N–H and O–H groups in total. The van der Waals surface area contributed by atoms with Crippen molar-refractivity contribution < 1.29 is 9.90 Å². The van der Waals surface area contributed by atoms with Gasteiger partial charge in [0.2, 0.25) is 0 Å². The zero-order valence-electron chi connectivity index (χ0n) is 9.68. The average Bonchev–Trinajstić information content (AvgIpc) is 2.39. The van der Waals surface area contributed by atoms with Crippen LogP contribution in [0.25, 0.3) is 11.1 Å². The summed E-state index contributed by atoms with van der Waals surface area (Å²) < 4.78 is 0. The second-order valence-electron chi connectivity index (χ2n) is 3.94. The van der Waals surface area contributed by atoms with Gasteiger partial charge in [-0.05, 0) is 35.2 Å². The highest BCUT2D eigenvalue weighted by Gasteiger charge is 2.03. The zero-order valence-corrected chi connectivity index (χ0v) is 9.68. The second-order valence-corrected chi connectivity index (χ2v) is 3.94. The molecule has 0 fully saturated rings. The van der Waals surface area contributed by atoms with Crippen molar-refractivity contribution in [3.05, 3.63) is 59.7 Å². The summed E-state index contributed by atoms with van der Waals surface area (Å²) in [5.74, 6) is -0.890. The van der Waals surface area contributed by atoms with E-state index in [9.17, 15) is 4.79 Å². The Morgan fingerprint density at radius 2 is 1.76 bits per heavy atom. The van der Waals surface area contributed by atoms with Gasteiger partial charge in [0.05, 0.1) is 5.56 Å². The Morgan fingerprint density at radius 3 is 2.35 bits per heavy atom. The van der Waals surface area contributed by atoms with Gasteiger partial charge in [-0.2, -0.15) is 0 Å². The number of benzene rings is 2. The summed E-state index contributed by atoms with van der Waals surface area (Å²) in [4.78, 5) is 10.7. The molecule has 0 saturated carbocycles. The zero-order chi connectivity index (χ0) is 12.3. The number of carbonyl (C=O) groups is 1. The first-order chi connectivity index (χ1) is 8.20. The van der Waals surface area contributed by atoms with Gasteiger partial charge >= 0.3 is 5.97 Å². The molecule has 0 spiro atoms. The van der Waals surface area contributed by atoms with Gasteiger partial charge in [0.1, 0.15) is 0 Å². The molecule has 2 nitrogen and oxygen atoms in total. The lowest BCUT2D eigenvalue weighted by atomic mass is 10.0. The van der Waals surface area contributed by atoms with Crippen LogP contribution in [-0.2, 0) is 6.42 Å². The normalized spacial score (nSPS) is 10.2. The van der Waals surface area contributed by atoms with Crippen LogP contribution in [0.5, 0.6) is 0 Å². The van der Waals surface area contributed by atoms with Crippen LogP contribution in [0.1, 0.15) is 22.8 Å². The molecule has 86 valence electrons. The van der Waals surface area contributed by atoms with Gasteiger partial charge in [0.15, 0.2) is 0 Å². The van der Waals surface area contributed by atoms with Crippen LogP contribution in [0.4, 0.5) is 0 Å². The lowest BCUT2D eigenvalue weighted by Gasteiger charge is -2.04. The molecule has 0 amide bonds. The number of aryl methyl sites for hydroxylation is 1. The summed E-state index contributed by atoms with van der Waals surface area (Å²) >= 11 is 0. The van der Waals surface area contributed by atoms with Gasteiger partial charge in [0, 0.05) is 0 Å². The van der Waals surface area contributed by atoms with Crippen LogP contribution in [0.15, 0.2) is 48.5 Å². The number of carboxylic acid groups (broad SMARTS) is 1. The smallest absolute Gasteiger partial charge is 0.335 e. The van der Waals surface area contributed by atoms with E-state index in [0.29, 0.717) is 5.56 Å². The molecule has 0 aromatic heterocycles. The lowest BCUT2D eigenvalue weighted by molar-refractivity contribution is 0.0697. The molecule has 0 saturated heterocycles. The third-order valence-electron chi connectivity index (χ3n) is 2.80. The van der Waals surface area contributed by atoms with E-state index >= 15 is 0 Å². The maximum absolute atomic E-state index is 10.7. The minimum Gasteiger partial charge on any atom is -0.478 e. The first-order valence-electron chi connectivity index (χ1n) is 5.63. The van der Waals surface area contributed by atoms with E-state index in [2.05, 4.69) is 19.1 Å². The fourth-order valence-corrected chi connectivity index (χ4v) is 1.78. The second kappa shape index (κ2) is 4.83. The van der Waals surface area contributed by atoms with Crippen molar-refractivity contribution in [2.45, 2.75) is 13.3 Å². The maximum Gasteiger partial charge on any atom is 0.335 e. The minimum atomic E-state index is -0.890. The third-order valence-corrected chi connectivity index (χ3v) is 2.80. The first kappa shape index (κ1) is 11.4. The summed E-state index contributed by atoms with van der Waals surface area (Å²) in [5, 5.41) is 8.83. The summed E-state index contributed by atoms with van der Waals surface area (Å²) in [7, 11) is 0. The molecule has 0 aliphatic heterocycles. The summed E-state index contributed by atoms with van der Waals surface area (Å²) in [6.07, 6.45) is 1.00. The highest BCUT2D eigenvalue weighted by Crippen LogP contribution is 2.21. The Morgan fingerprint density at radius 1 is 1.06 bits per heavy atom. The number of rotatable bonds is 3. The van der Waals surface area contributed by atoms with Crippen molar-refractivity contribution in [2.75, 3.05) is 0 Å². The highest BCUT2D eigenvalue weighted by atomic mass is 16.4. The van der Waals surface area contributed by atoms with Gasteiger partial charge in [-0.1, -0.05) is 43.3 Å². The van der Waals surface area contributed by atoms with E-state index in [0.717, 1.165) is 17.5 Å². The van der Waals surface area contributed by atoms with E-state index in [1.54, 1.807) is 12.1 Å². The van der Waals surface area contributed by atoms with E-state index < -0.39 is 5.97 Å². The molecular formula is C15H14O2. The van der Waals surface area contributed by atoms with Crippen molar-refractivity contribution in [2.24, 2.45) is 0 Å².